The van der Waals surface area contributed by atoms with Crippen LogP contribution in [0.4, 0.5) is 0 Å². The van der Waals surface area contributed by atoms with Gasteiger partial charge in [-0.15, -0.1) is 0 Å². The molecule has 4 heteroatoms. The van der Waals surface area contributed by atoms with Crippen molar-refractivity contribution >= 4 is 11.6 Å². The van der Waals surface area contributed by atoms with E-state index in [1.807, 2.05) is 31.2 Å². The van der Waals surface area contributed by atoms with Crippen LogP contribution < -0.4 is 5.32 Å². The highest BCUT2D eigenvalue weighted by Crippen LogP contribution is 2.15. The molecule has 0 saturated heterocycles. The molecule has 0 heterocycles. The van der Waals surface area contributed by atoms with Crippen LogP contribution in [0.3, 0.4) is 0 Å². The number of aliphatic hydroxyl groups excluding tert-OH is 2. The van der Waals surface area contributed by atoms with E-state index in [2.05, 4.69) is 5.32 Å². The lowest BCUT2D eigenvalue weighted by Crippen LogP contribution is -2.31. The number of halogens is 1. The normalized spacial score (nSPS) is 14.9. The van der Waals surface area contributed by atoms with Gasteiger partial charge in [-0.25, -0.2) is 0 Å². The summed E-state index contributed by atoms with van der Waals surface area (Å²) in [5.41, 5.74) is 1.10. The van der Waals surface area contributed by atoms with Crippen molar-refractivity contribution < 1.29 is 10.2 Å². The summed E-state index contributed by atoms with van der Waals surface area (Å²) in [6.45, 7) is 2.15. The fourth-order valence-electron chi connectivity index (χ4n) is 1.25. The molecule has 15 heavy (non-hydrogen) atoms. The predicted octanol–water partition coefficient (Wildman–Crippen LogP) is 1.34. The molecule has 0 spiro atoms. The minimum absolute atomic E-state index is 0.128. The van der Waals surface area contributed by atoms with E-state index < -0.39 is 6.10 Å². The highest BCUT2D eigenvalue weighted by molar-refractivity contribution is 6.30. The number of aliphatic hydroxyl groups is 2. The van der Waals surface area contributed by atoms with Gasteiger partial charge >= 0.3 is 0 Å². The largest absolute Gasteiger partial charge is 0.394 e. The molecule has 0 fully saturated rings. The molecule has 3 nitrogen and oxygen atoms in total. The van der Waals surface area contributed by atoms with Crippen molar-refractivity contribution in [2.45, 2.75) is 19.1 Å². The smallest absolute Gasteiger partial charge is 0.0895 e. The third kappa shape index (κ3) is 4.18. The zero-order valence-corrected chi connectivity index (χ0v) is 9.41. The SMILES string of the molecule is C[C@H](NC[C@H](O)CO)c1ccc(Cl)cc1. The number of hydrogen-bond acceptors (Lipinski definition) is 3. The van der Waals surface area contributed by atoms with E-state index in [0.717, 1.165) is 5.56 Å². The summed E-state index contributed by atoms with van der Waals surface area (Å²) in [5, 5.41) is 21.6. The van der Waals surface area contributed by atoms with Gasteiger partial charge in [-0.2, -0.15) is 0 Å². The van der Waals surface area contributed by atoms with Crippen LogP contribution in [0.1, 0.15) is 18.5 Å². The molecule has 1 rings (SSSR count). The highest BCUT2D eigenvalue weighted by atomic mass is 35.5. The van der Waals surface area contributed by atoms with E-state index in [9.17, 15) is 0 Å². The molecule has 0 saturated carbocycles. The van der Waals surface area contributed by atoms with Crippen molar-refractivity contribution in [3.63, 3.8) is 0 Å². The van der Waals surface area contributed by atoms with Gasteiger partial charge in [-0.1, -0.05) is 23.7 Å². The fourth-order valence-corrected chi connectivity index (χ4v) is 1.37. The molecule has 3 N–H and O–H groups in total. The maximum atomic E-state index is 9.16. The van der Waals surface area contributed by atoms with Crippen molar-refractivity contribution in [2.24, 2.45) is 0 Å². The first-order valence-corrected chi connectivity index (χ1v) is 5.29. The first-order valence-electron chi connectivity index (χ1n) is 4.91. The van der Waals surface area contributed by atoms with E-state index in [4.69, 9.17) is 21.8 Å². The Morgan fingerprint density at radius 3 is 2.47 bits per heavy atom. The second-order valence-electron chi connectivity index (χ2n) is 3.52. The molecular weight excluding hydrogens is 214 g/mol. The average Bonchev–Trinajstić information content (AvgIpc) is 2.26. The molecule has 84 valence electrons. The van der Waals surface area contributed by atoms with E-state index in [-0.39, 0.29) is 12.6 Å². The second kappa shape index (κ2) is 6.08. The Balaban J connectivity index is 2.46. The molecule has 0 radical (unpaired) electrons. The van der Waals surface area contributed by atoms with Crippen LogP contribution in [0.15, 0.2) is 24.3 Å². The number of benzene rings is 1. The molecule has 0 aromatic heterocycles. The molecule has 0 unspecified atom stereocenters. The van der Waals surface area contributed by atoms with Crippen LogP contribution in [-0.2, 0) is 0 Å². The van der Waals surface area contributed by atoms with Crippen LogP contribution in [0.5, 0.6) is 0 Å². The molecular formula is C11H16ClNO2. The monoisotopic (exact) mass is 229 g/mol. The lowest BCUT2D eigenvalue weighted by molar-refractivity contribution is 0.0924. The lowest BCUT2D eigenvalue weighted by Gasteiger charge is -2.16. The Morgan fingerprint density at radius 2 is 1.93 bits per heavy atom. The lowest BCUT2D eigenvalue weighted by atomic mass is 10.1. The van der Waals surface area contributed by atoms with E-state index in [0.29, 0.717) is 11.6 Å². The Bertz CT molecular complexity index is 289. The van der Waals surface area contributed by atoms with Gasteiger partial charge < -0.3 is 15.5 Å². The van der Waals surface area contributed by atoms with Crippen LogP contribution in [0, 0.1) is 0 Å². The van der Waals surface area contributed by atoms with Gasteiger partial charge in [0.1, 0.15) is 0 Å². The molecule has 0 aliphatic rings. The van der Waals surface area contributed by atoms with Gasteiger partial charge in [0.05, 0.1) is 12.7 Å². The average molecular weight is 230 g/mol. The molecule has 0 aliphatic carbocycles. The number of rotatable bonds is 5. The summed E-state index contributed by atoms with van der Waals surface area (Å²) in [6, 6.07) is 7.66. The predicted molar refractivity (Wildman–Crippen MR) is 61.0 cm³/mol. The van der Waals surface area contributed by atoms with Gasteiger partial charge in [-0.05, 0) is 24.6 Å². The summed E-state index contributed by atoms with van der Waals surface area (Å²) in [6.07, 6.45) is -0.709. The van der Waals surface area contributed by atoms with Crippen molar-refractivity contribution in [2.75, 3.05) is 13.2 Å². The molecule has 0 aliphatic heterocycles. The standard InChI is InChI=1S/C11H16ClNO2/c1-8(13-6-11(15)7-14)9-2-4-10(12)5-3-9/h2-5,8,11,13-15H,6-7H2,1H3/t8-,11-/m0/s1. The van der Waals surface area contributed by atoms with Crippen molar-refractivity contribution in [1.29, 1.82) is 0 Å². The van der Waals surface area contributed by atoms with Gasteiger partial charge in [0.15, 0.2) is 0 Å². The molecule has 1 aromatic rings. The number of hydrogen-bond donors (Lipinski definition) is 3. The van der Waals surface area contributed by atoms with E-state index in [1.165, 1.54) is 0 Å². The summed E-state index contributed by atoms with van der Waals surface area (Å²) in [7, 11) is 0. The third-order valence-electron chi connectivity index (χ3n) is 2.24. The van der Waals surface area contributed by atoms with Gasteiger partial charge in [-0.3, -0.25) is 0 Å². The summed E-state index contributed by atoms with van der Waals surface area (Å²) < 4.78 is 0. The van der Waals surface area contributed by atoms with Gasteiger partial charge in [0.25, 0.3) is 0 Å². The molecule has 2 atom stereocenters. The summed E-state index contributed by atoms with van der Waals surface area (Å²) >= 11 is 5.77. The van der Waals surface area contributed by atoms with Crippen LogP contribution in [0.25, 0.3) is 0 Å². The molecule has 0 bridgehead atoms. The minimum Gasteiger partial charge on any atom is -0.394 e. The van der Waals surface area contributed by atoms with Crippen LogP contribution in [-0.4, -0.2) is 29.5 Å². The Kier molecular flexibility index (Phi) is 5.05. The maximum Gasteiger partial charge on any atom is 0.0895 e. The second-order valence-corrected chi connectivity index (χ2v) is 3.95. The molecule has 1 aromatic carbocycles. The summed E-state index contributed by atoms with van der Waals surface area (Å²) in [5.74, 6) is 0. The fraction of sp³-hybridized carbons (Fsp3) is 0.455. The quantitative estimate of drug-likeness (QED) is 0.715. The van der Waals surface area contributed by atoms with Crippen LogP contribution in [0.2, 0.25) is 5.02 Å². The Labute approximate surface area is 94.7 Å². The molecule has 0 amide bonds. The maximum absolute atomic E-state index is 9.16. The van der Waals surface area contributed by atoms with E-state index >= 15 is 0 Å². The number of nitrogens with one attached hydrogen (secondary N) is 1. The van der Waals surface area contributed by atoms with E-state index in [1.54, 1.807) is 0 Å². The van der Waals surface area contributed by atoms with Crippen molar-refractivity contribution in [3.05, 3.63) is 34.9 Å². The van der Waals surface area contributed by atoms with Crippen molar-refractivity contribution in [1.82, 2.24) is 5.32 Å². The Hall–Kier alpha value is -0.610. The minimum atomic E-state index is -0.709. The zero-order valence-electron chi connectivity index (χ0n) is 8.65. The third-order valence-corrected chi connectivity index (χ3v) is 2.49. The topological polar surface area (TPSA) is 52.5 Å². The van der Waals surface area contributed by atoms with Gasteiger partial charge in [0.2, 0.25) is 0 Å². The highest BCUT2D eigenvalue weighted by Gasteiger charge is 2.07. The van der Waals surface area contributed by atoms with Crippen LogP contribution >= 0.6 is 11.6 Å². The zero-order chi connectivity index (χ0) is 11.3. The first kappa shape index (κ1) is 12.5. The Morgan fingerprint density at radius 1 is 1.33 bits per heavy atom. The summed E-state index contributed by atoms with van der Waals surface area (Å²) in [4.78, 5) is 0. The van der Waals surface area contributed by atoms with Crippen molar-refractivity contribution in [3.8, 4) is 0 Å². The van der Waals surface area contributed by atoms with Gasteiger partial charge in [0, 0.05) is 17.6 Å². The first-order chi connectivity index (χ1) is 7.13.